The second-order valence-electron chi connectivity index (χ2n) is 8.11. The van der Waals surface area contributed by atoms with Crippen LogP contribution in [0.1, 0.15) is 26.3 Å². The molecule has 0 radical (unpaired) electrons. The summed E-state index contributed by atoms with van der Waals surface area (Å²) < 4.78 is 12.4. The van der Waals surface area contributed by atoms with Gasteiger partial charge in [-0.1, -0.05) is 87.5 Å². The third-order valence-electron chi connectivity index (χ3n) is 5.27. The van der Waals surface area contributed by atoms with Gasteiger partial charge in [0, 0.05) is 0 Å². The number of oxazole rings is 1. The first kappa shape index (κ1) is 18.7. The van der Waals surface area contributed by atoms with Crippen LogP contribution in [0.2, 0.25) is 5.04 Å². The number of rotatable bonds is 5. The van der Waals surface area contributed by atoms with E-state index in [4.69, 9.17) is 8.84 Å². The van der Waals surface area contributed by atoms with Gasteiger partial charge in [0.05, 0.1) is 6.61 Å². The minimum atomic E-state index is -2.53. The highest BCUT2D eigenvalue weighted by Gasteiger charge is 2.50. The molecule has 1 aromatic heterocycles. The van der Waals surface area contributed by atoms with Crippen molar-refractivity contribution in [3.8, 4) is 0 Å². The summed E-state index contributed by atoms with van der Waals surface area (Å²) in [6, 6.07) is 27.5. The molecule has 0 fully saturated rings. The highest BCUT2D eigenvalue weighted by Crippen LogP contribution is 2.37. The van der Waals surface area contributed by atoms with Gasteiger partial charge in [0.2, 0.25) is 0 Å². The summed E-state index contributed by atoms with van der Waals surface area (Å²) in [5, 5.41) is 2.54. The van der Waals surface area contributed by atoms with Gasteiger partial charge in [-0.2, -0.15) is 0 Å². The highest BCUT2D eigenvalue weighted by molar-refractivity contribution is 6.99. The third kappa shape index (κ3) is 3.30. The van der Waals surface area contributed by atoms with E-state index < -0.39 is 8.32 Å². The molecule has 142 valence electrons. The topological polar surface area (TPSA) is 35.3 Å². The average Bonchev–Trinajstić information content (AvgIpc) is 3.17. The summed E-state index contributed by atoms with van der Waals surface area (Å²) in [4.78, 5) is 4.20. The monoisotopic (exact) mass is 387 g/mol. The van der Waals surface area contributed by atoms with Crippen molar-refractivity contribution in [3.63, 3.8) is 0 Å². The number of hydrogen-bond acceptors (Lipinski definition) is 3. The molecule has 0 amide bonds. The molecular weight excluding hydrogens is 362 g/mol. The molecule has 4 aromatic rings. The van der Waals surface area contributed by atoms with Gasteiger partial charge in [0.15, 0.2) is 12.0 Å². The van der Waals surface area contributed by atoms with Crippen molar-refractivity contribution in [2.75, 3.05) is 0 Å². The Kier molecular flexibility index (Phi) is 4.92. The Morgan fingerprint density at radius 2 is 1.46 bits per heavy atom. The van der Waals surface area contributed by atoms with Crippen molar-refractivity contribution in [1.82, 2.24) is 4.98 Å². The molecule has 0 N–H and O–H groups in total. The van der Waals surface area contributed by atoms with E-state index >= 15 is 0 Å². The number of fused-ring (bicyclic) bond motifs is 1. The first-order chi connectivity index (χ1) is 13.5. The van der Waals surface area contributed by atoms with Crippen LogP contribution in [0.15, 0.2) is 89.7 Å². The molecule has 0 saturated heterocycles. The first-order valence-electron chi connectivity index (χ1n) is 9.58. The van der Waals surface area contributed by atoms with E-state index in [0.29, 0.717) is 6.61 Å². The van der Waals surface area contributed by atoms with Crippen molar-refractivity contribution in [1.29, 1.82) is 0 Å². The van der Waals surface area contributed by atoms with Crippen molar-refractivity contribution in [2.45, 2.75) is 32.4 Å². The van der Waals surface area contributed by atoms with Crippen LogP contribution in [0.25, 0.3) is 11.1 Å². The summed E-state index contributed by atoms with van der Waals surface area (Å²) in [5.41, 5.74) is 2.76. The summed E-state index contributed by atoms with van der Waals surface area (Å²) in [7, 11) is -2.53. The molecule has 0 aliphatic rings. The molecule has 28 heavy (non-hydrogen) atoms. The third-order valence-corrected chi connectivity index (χ3v) is 10.3. The lowest BCUT2D eigenvalue weighted by Crippen LogP contribution is -2.66. The maximum absolute atomic E-state index is 6.95. The lowest BCUT2D eigenvalue weighted by Gasteiger charge is -2.43. The maximum Gasteiger partial charge on any atom is 0.261 e. The van der Waals surface area contributed by atoms with Crippen molar-refractivity contribution >= 4 is 29.8 Å². The number of benzene rings is 3. The van der Waals surface area contributed by atoms with Gasteiger partial charge in [0.25, 0.3) is 8.32 Å². The van der Waals surface area contributed by atoms with Gasteiger partial charge >= 0.3 is 0 Å². The lowest BCUT2D eigenvalue weighted by atomic mass is 10.2. The molecule has 0 spiro atoms. The summed E-state index contributed by atoms with van der Waals surface area (Å²) in [6.07, 6.45) is 1.48. The Balaban J connectivity index is 1.80. The van der Waals surface area contributed by atoms with Crippen LogP contribution in [0.4, 0.5) is 0 Å². The normalized spacial score (nSPS) is 12.4. The molecule has 3 nitrogen and oxygen atoms in total. The lowest BCUT2D eigenvalue weighted by molar-refractivity contribution is 0.286. The number of hydrogen-bond donors (Lipinski definition) is 0. The van der Waals surface area contributed by atoms with E-state index in [-0.39, 0.29) is 5.04 Å². The SMILES string of the molecule is CC(C)(C)[Si](OCc1ccc2ncoc2c1)(c1ccccc1)c1ccccc1. The molecule has 3 aromatic carbocycles. The molecule has 0 saturated carbocycles. The van der Waals surface area contributed by atoms with Crippen LogP contribution >= 0.6 is 0 Å². The van der Waals surface area contributed by atoms with Crippen LogP contribution in [0.3, 0.4) is 0 Å². The van der Waals surface area contributed by atoms with E-state index in [2.05, 4.69) is 92.5 Å². The minimum Gasteiger partial charge on any atom is -0.443 e. The Labute approximate surface area is 167 Å². The second-order valence-corrected chi connectivity index (χ2v) is 12.4. The quantitative estimate of drug-likeness (QED) is 0.457. The maximum atomic E-state index is 6.95. The smallest absolute Gasteiger partial charge is 0.261 e. The van der Waals surface area contributed by atoms with Gasteiger partial charge in [-0.15, -0.1) is 0 Å². The van der Waals surface area contributed by atoms with Crippen LogP contribution in [0.5, 0.6) is 0 Å². The number of aromatic nitrogens is 1. The van der Waals surface area contributed by atoms with Gasteiger partial charge in [-0.25, -0.2) is 4.98 Å². The first-order valence-corrected chi connectivity index (χ1v) is 11.5. The predicted octanol–water partition coefficient (Wildman–Crippen LogP) is 4.90. The summed E-state index contributed by atoms with van der Waals surface area (Å²) in [6.45, 7) is 7.40. The highest BCUT2D eigenvalue weighted by atomic mass is 28.4. The van der Waals surface area contributed by atoms with Gasteiger partial charge in [0.1, 0.15) is 5.52 Å². The largest absolute Gasteiger partial charge is 0.443 e. The fourth-order valence-electron chi connectivity index (χ4n) is 3.94. The van der Waals surface area contributed by atoms with Crippen LogP contribution < -0.4 is 10.4 Å². The van der Waals surface area contributed by atoms with Gasteiger partial charge in [-0.05, 0) is 33.1 Å². The molecule has 1 heterocycles. The molecule has 0 aliphatic heterocycles. The zero-order valence-electron chi connectivity index (χ0n) is 16.6. The molecule has 0 atom stereocenters. The van der Waals surface area contributed by atoms with E-state index in [1.54, 1.807) is 0 Å². The van der Waals surface area contributed by atoms with E-state index in [1.165, 1.54) is 16.8 Å². The second kappa shape index (κ2) is 7.38. The van der Waals surface area contributed by atoms with Gasteiger partial charge < -0.3 is 8.84 Å². The van der Waals surface area contributed by atoms with Crippen molar-refractivity contribution in [3.05, 3.63) is 90.8 Å². The fourth-order valence-corrected chi connectivity index (χ4v) is 8.48. The average molecular weight is 388 g/mol. The zero-order chi connectivity index (χ0) is 19.6. The zero-order valence-corrected chi connectivity index (χ0v) is 17.6. The summed E-state index contributed by atoms with van der Waals surface area (Å²) in [5.74, 6) is 0. The molecule has 4 heteroatoms. The molecular formula is C24H25NO2Si. The Bertz CT molecular complexity index is 1010. The van der Waals surface area contributed by atoms with Crippen molar-refractivity contribution < 1.29 is 8.84 Å². The fraction of sp³-hybridized carbons (Fsp3) is 0.208. The molecule has 0 unspecified atom stereocenters. The van der Waals surface area contributed by atoms with Gasteiger partial charge in [-0.3, -0.25) is 0 Å². The predicted molar refractivity (Wildman–Crippen MR) is 116 cm³/mol. The molecule has 0 aliphatic carbocycles. The number of nitrogens with zero attached hydrogens (tertiary/aromatic N) is 1. The molecule has 0 bridgehead atoms. The summed E-state index contributed by atoms with van der Waals surface area (Å²) >= 11 is 0. The Hall–Kier alpha value is -2.69. The molecule has 4 rings (SSSR count). The standard InChI is InChI=1S/C24H25NO2Si/c1-24(2,3)28(20-10-6-4-7-11-20,21-12-8-5-9-13-21)27-17-19-14-15-22-23(16-19)26-18-25-22/h4-16,18H,17H2,1-3H3. The Morgan fingerprint density at radius 1 is 0.857 bits per heavy atom. The van der Waals surface area contributed by atoms with Crippen LogP contribution in [0, 0.1) is 0 Å². The van der Waals surface area contributed by atoms with E-state index in [0.717, 1.165) is 16.7 Å². The minimum absolute atomic E-state index is 0.0357. The van der Waals surface area contributed by atoms with E-state index in [1.807, 2.05) is 12.1 Å². The van der Waals surface area contributed by atoms with Crippen LogP contribution in [-0.2, 0) is 11.0 Å². The Morgan fingerprint density at radius 3 is 2.04 bits per heavy atom. The van der Waals surface area contributed by atoms with Crippen molar-refractivity contribution in [2.24, 2.45) is 0 Å². The van der Waals surface area contributed by atoms with E-state index in [9.17, 15) is 0 Å². The van der Waals surface area contributed by atoms with Crippen LogP contribution in [-0.4, -0.2) is 13.3 Å².